The van der Waals surface area contributed by atoms with Crippen LogP contribution in [0.4, 0.5) is 0 Å². The van der Waals surface area contributed by atoms with Crippen LogP contribution in [0.3, 0.4) is 0 Å². The number of rotatable bonds is 4. The van der Waals surface area contributed by atoms with Crippen LogP contribution in [-0.4, -0.2) is 60.0 Å². The van der Waals surface area contributed by atoms with E-state index in [4.69, 9.17) is 9.15 Å². The summed E-state index contributed by atoms with van der Waals surface area (Å²) >= 11 is 0. The number of methoxy groups -OCH3 is 1. The second-order valence-electron chi connectivity index (χ2n) is 5.59. The molecule has 116 valence electrons. The van der Waals surface area contributed by atoms with Crippen LogP contribution in [0.1, 0.15) is 29.2 Å². The third-order valence-electron chi connectivity index (χ3n) is 4.29. The Bertz CT molecular complexity index is 503. The van der Waals surface area contributed by atoms with E-state index in [-0.39, 0.29) is 24.4 Å². The number of ether oxygens (including phenoxy) is 2. The molecule has 0 spiro atoms. The van der Waals surface area contributed by atoms with Gasteiger partial charge < -0.3 is 19.0 Å². The van der Waals surface area contributed by atoms with E-state index < -0.39 is 5.97 Å². The van der Waals surface area contributed by atoms with Crippen molar-refractivity contribution < 1.29 is 23.8 Å². The lowest BCUT2D eigenvalue weighted by Gasteiger charge is -2.36. The van der Waals surface area contributed by atoms with Gasteiger partial charge in [0.05, 0.1) is 26.4 Å². The number of aliphatic hydroxyl groups excluding tert-OH is 1. The third-order valence-corrected chi connectivity index (χ3v) is 4.29. The van der Waals surface area contributed by atoms with Crippen LogP contribution in [-0.2, 0) is 16.0 Å². The number of hydrogen-bond donors (Lipinski definition) is 1. The van der Waals surface area contributed by atoms with Gasteiger partial charge in [0.1, 0.15) is 6.26 Å². The van der Waals surface area contributed by atoms with Crippen LogP contribution in [0.15, 0.2) is 10.7 Å². The Morgan fingerprint density at radius 1 is 1.57 bits per heavy atom. The minimum Gasteiger partial charge on any atom is -0.464 e. The van der Waals surface area contributed by atoms with E-state index in [2.05, 4.69) is 14.6 Å². The fourth-order valence-electron chi connectivity index (χ4n) is 3.23. The zero-order chi connectivity index (χ0) is 14.8. The Morgan fingerprint density at radius 3 is 3.19 bits per heavy atom. The zero-order valence-corrected chi connectivity index (χ0v) is 12.0. The molecule has 0 bridgehead atoms. The number of carbonyl (C=O) groups is 1. The Kier molecular flexibility index (Phi) is 4.23. The highest BCUT2D eigenvalue weighted by molar-refractivity contribution is 5.86. The van der Waals surface area contributed by atoms with Crippen LogP contribution in [0, 0.1) is 5.92 Å². The molecule has 2 aliphatic rings. The molecule has 7 heteroatoms. The average molecular weight is 296 g/mol. The highest BCUT2D eigenvalue weighted by atomic mass is 16.5. The van der Waals surface area contributed by atoms with Gasteiger partial charge in [-0.15, -0.1) is 0 Å². The fourth-order valence-corrected chi connectivity index (χ4v) is 3.23. The van der Waals surface area contributed by atoms with Crippen LogP contribution in [0.2, 0.25) is 0 Å². The predicted octanol–water partition coefficient (Wildman–Crippen LogP) is 0.433. The van der Waals surface area contributed by atoms with Crippen LogP contribution < -0.4 is 0 Å². The topological polar surface area (TPSA) is 85.0 Å². The molecule has 0 unspecified atom stereocenters. The van der Waals surface area contributed by atoms with Gasteiger partial charge in [0.25, 0.3) is 0 Å². The van der Waals surface area contributed by atoms with Crippen molar-refractivity contribution in [3.05, 3.63) is 17.8 Å². The van der Waals surface area contributed by atoms with Gasteiger partial charge in [-0.3, -0.25) is 4.90 Å². The molecule has 1 saturated heterocycles. The molecule has 3 atom stereocenters. The van der Waals surface area contributed by atoms with Gasteiger partial charge in [-0.25, -0.2) is 9.78 Å². The molecule has 0 amide bonds. The number of esters is 1. The van der Waals surface area contributed by atoms with E-state index in [0.29, 0.717) is 25.0 Å². The van der Waals surface area contributed by atoms with E-state index in [1.807, 2.05) is 0 Å². The molecule has 1 saturated carbocycles. The van der Waals surface area contributed by atoms with E-state index >= 15 is 0 Å². The lowest BCUT2D eigenvalue weighted by Crippen LogP contribution is -2.47. The summed E-state index contributed by atoms with van der Waals surface area (Å²) in [6.07, 6.45) is 3.32. The number of oxazole rings is 1. The Hall–Kier alpha value is -1.44. The van der Waals surface area contributed by atoms with Crippen molar-refractivity contribution in [2.75, 3.05) is 26.9 Å². The number of hydrogen-bond acceptors (Lipinski definition) is 7. The summed E-state index contributed by atoms with van der Waals surface area (Å²) in [6.45, 7) is 2.22. The molecule has 7 nitrogen and oxygen atoms in total. The SMILES string of the molecule is COC(=O)c1coc(CN2CCO[C@H]3C[C@H](CO)C[C@@H]32)n1. The average Bonchev–Trinajstić information content (AvgIpc) is 3.13. The first-order chi connectivity index (χ1) is 10.2. The first-order valence-corrected chi connectivity index (χ1v) is 7.20. The van der Waals surface area contributed by atoms with Gasteiger partial charge in [0.15, 0.2) is 5.69 Å². The van der Waals surface area contributed by atoms with E-state index in [1.54, 1.807) is 0 Å². The molecule has 1 aliphatic carbocycles. The number of carbonyl (C=O) groups excluding carboxylic acids is 1. The van der Waals surface area contributed by atoms with Gasteiger partial charge in [-0.05, 0) is 18.8 Å². The molecular formula is C14H20N2O5. The zero-order valence-electron chi connectivity index (χ0n) is 12.0. The standard InChI is InChI=1S/C14H20N2O5/c1-19-14(18)10-8-21-13(15-10)6-16-2-3-20-12-5-9(7-17)4-11(12)16/h8-9,11-12,17H,2-7H2,1H3/t9-,11+,12+/m1/s1. The lowest BCUT2D eigenvalue weighted by molar-refractivity contribution is -0.0613. The smallest absolute Gasteiger partial charge is 0.360 e. The number of nitrogens with zero attached hydrogens (tertiary/aromatic N) is 2. The van der Waals surface area contributed by atoms with E-state index in [1.165, 1.54) is 13.4 Å². The van der Waals surface area contributed by atoms with Crippen LogP contribution >= 0.6 is 0 Å². The molecule has 1 N–H and O–H groups in total. The summed E-state index contributed by atoms with van der Waals surface area (Å²) in [5.41, 5.74) is 0.192. The van der Waals surface area contributed by atoms with Crippen molar-refractivity contribution in [3.8, 4) is 0 Å². The van der Waals surface area contributed by atoms with Gasteiger partial charge in [0, 0.05) is 19.2 Å². The molecule has 1 aliphatic heterocycles. The summed E-state index contributed by atoms with van der Waals surface area (Å²) in [6, 6.07) is 0.282. The first kappa shape index (κ1) is 14.5. The summed E-state index contributed by atoms with van der Waals surface area (Å²) in [5, 5.41) is 9.32. The minimum atomic E-state index is -0.494. The Labute approximate surface area is 122 Å². The Morgan fingerprint density at radius 2 is 2.43 bits per heavy atom. The monoisotopic (exact) mass is 296 g/mol. The maximum Gasteiger partial charge on any atom is 0.360 e. The normalized spacial score (nSPS) is 29.3. The van der Waals surface area contributed by atoms with Crippen molar-refractivity contribution in [3.63, 3.8) is 0 Å². The summed E-state index contributed by atoms with van der Waals surface area (Å²) in [7, 11) is 1.32. The molecule has 0 aromatic carbocycles. The minimum absolute atomic E-state index is 0.172. The van der Waals surface area contributed by atoms with Crippen molar-refractivity contribution in [2.45, 2.75) is 31.5 Å². The largest absolute Gasteiger partial charge is 0.464 e. The van der Waals surface area contributed by atoms with Gasteiger partial charge in [0.2, 0.25) is 5.89 Å². The Balaban J connectivity index is 1.66. The maximum absolute atomic E-state index is 11.4. The highest BCUT2D eigenvalue weighted by Crippen LogP contribution is 2.34. The van der Waals surface area contributed by atoms with Gasteiger partial charge >= 0.3 is 5.97 Å². The van der Waals surface area contributed by atoms with Crippen LogP contribution in [0.5, 0.6) is 0 Å². The van der Waals surface area contributed by atoms with E-state index in [0.717, 1.165) is 19.4 Å². The molecule has 21 heavy (non-hydrogen) atoms. The number of aliphatic hydroxyl groups is 1. The molecule has 2 fully saturated rings. The summed E-state index contributed by atoms with van der Waals surface area (Å²) in [4.78, 5) is 17.8. The summed E-state index contributed by atoms with van der Waals surface area (Å²) in [5.74, 6) is 0.311. The predicted molar refractivity (Wildman–Crippen MR) is 71.6 cm³/mol. The second-order valence-corrected chi connectivity index (χ2v) is 5.59. The molecular weight excluding hydrogens is 276 g/mol. The van der Waals surface area contributed by atoms with Crippen molar-refractivity contribution in [1.82, 2.24) is 9.88 Å². The number of aromatic nitrogens is 1. The lowest BCUT2D eigenvalue weighted by atomic mass is 10.1. The molecule has 1 aromatic rings. The van der Waals surface area contributed by atoms with Gasteiger partial charge in [-0.1, -0.05) is 0 Å². The van der Waals surface area contributed by atoms with E-state index in [9.17, 15) is 9.90 Å². The fraction of sp³-hybridized carbons (Fsp3) is 0.714. The highest BCUT2D eigenvalue weighted by Gasteiger charge is 2.41. The first-order valence-electron chi connectivity index (χ1n) is 7.20. The van der Waals surface area contributed by atoms with Gasteiger partial charge in [-0.2, -0.15) is 0 Å². The summed E-state index contributed by atoms with van der Waals surface area (Å²) < 4.78 is 15.7. The molecule has 3 rings (SSSR count). The quantitative estimate of drug-likeness (QED) is 0.807. The van der Waals surface area contributed by atoms with Crippen LogP contribution in [0.25, 0.3) is 0 Å². The molecule has 0 radical (unpaired) electrons. The number of morpholine rings is 1. The third kappa shape index (κ3) is 2.95. The van der Waals surface area contributed by atoms with Crippen molar-refractivity contribution >= 4 is 5.97 Å². The molecule has 2 heterocycles. The van der Waals surface area contributed by atoms with Crippen molar-refractivity contribution in [2.24, 2.45) is 5.92 Å². The second kappa shape index (κ2) is 6.13. The molecule has 1 aromatic heterocycles. The maximum atomic E-state index is 11.4. The number of fused-ring (bicyclic) bond motifs is 1. The van der Waals surface area contributed by atoms with Crippen molar-refractivity contribution in [1.29, 1.82) is 0 Å².